The SMILES string of the molecule is CCCc1nc2c(C)cc(-c3nc4ccccc4n3C)cc2n1Cc1ccc(-c2ccccc2C(=O)OCc2cccc(CON(O)O)c2)cc1. The first-order valence-electron chi connectivity index (χ1n) is 16.9. The van der Waals surface area contributed by atoms with E-state index in [-0.39, 0.29) is 18.6 Å². The quantitative estimate of drug-likeness (QED) is 0.0976. The fourth-order valence-corrected chi connectivity index (χ4v) is 6.62. The van der Waals surface area contributed by atoms with Gasteiger partial charge in [-0.3, -0.25) is 10.4 Å². The Kier molecular flexibility index (Phi) is 9.74. The van der Waals surface area contributed by atoms with E-state index in [0.29, 0.717) is 17.7 Å². The maximum atomic E-state index is 13.3. The predicted molar refractivity (Wildman–Crippen MR) is 195 cm³/mol. The van der Waals surface area contributed by atoms with Crippen molar-refractivity contribution < 1.29 is 24.8 Å². The Balaban J connectivity index is 1.13. The van der Waals surface area contributed by atoms with Crippen molar-refractivity contribution in [2.45, 2.75) is 46.4 Å². The number of benzene rings is 5. The monoisotopic (exact) mass is 681 g/mol. The van der Waals surface area contributed by atoms with Crippen molar-refractivity contribution in [3.05, 3.63) is 143 Å². The van der Waals surface area contributed by atoms with Gasteiger partial charge >= 0.3 is 5.97 Å². The molecule has 0 fully saturated rings. The molecule has 2 heterocycles. The number of nitrogens with zero attached hydrogens (tertiary/aromatic N) is 5. The number of carbonyl (C=O) groups excluding carboxylic acids is 1. The van der Waals surface area contributed by atoms with Crippen LogP contribution in [-0.4, -0.2) is 40.9 Å². The third-order valence-electron chi connectivity index (χ3n) is 9.10. The highest BCUT2D eigenvalue weighted by Gasteiger charge is 2.18. The Hall–Kier alpha value is -5.65. The number of ether oxygens (including phenoxy) is 1. The Morgan fingerprint density at radius 3 is 2.29 bits per heavy atom. The molecular formula is C41H39N5O5. The van der Waals surface area contributed by atoms with Crippen molar-refractivity contribution in [3.63, 3.8) is 0 Å². The van der Waals surface area contributed by atoms with Gasteiger partial charge in [0.25, 0.3) is 0 Å². The number of aromatic nitrogens is 4. The second kappa shape index (κ2) is 14.7. The summed E-state index contributed by atoms with van der Waals surface area (Å²) < 4.78 is 10.2. The lowest BCUT2D eigenvalue weighted by atomic mass is 9.98. The van der Waals surface area contributed by atoms with Gasteiger partial charge in [-0.05, 0) is 77.1 Å². The van der Waals surface area contributed by atoms with Crippen LogP contribution in [0.5, 0.6) is 0 Å². The van der Waals surface area contributed by atoms with Crippen LogP contribution in [0.2, 0.25) is 0 Å². The predicted octanol–water partition coefficient (Wildman–Crippen LogP) is 8.44. The molecule has 5 aromatic carbocycles. The summed E-state index contributed by atoms with van der Waals surface area (Å²) in [6.07, 6.45) is 1.85. The number of fused-ring (bicyclic) bond motifs is 2. The van der Waals surface area contributed by atoms with Gasteiger partial charge in [0.1, 0.15) is 18.3 Å². The molecule has 2 N–H and O–H groups in total. The molecule has 51 heavy (non-hydrogen) atoms. The molecule has 0 atom stereocenters. The van der Waals surface area contributed by atoms with E-state index in [4.69, 9.17) is 25.1 Å². The molecule has 258 valence electrons. The second-order valence-electron chi connectivity index (χ2n) is 12.7. The number of carbonyl (C=O) groups is 1. The first kappa shape index (κ1) is 33.8. The standard InChI is InChI=1S/C41H39N5O5/c1-4-10-38-43-39-27(2)21-32(40-42-35-15-7-8-16-36(35)44(40)3)23-37(39)45(38)24-28-17-19-31(20-18-28)33-13-5-6-14-34(33)41(47)50-25-29-11-9-12-30(22-29)26-51-46(48)49/h5-9,11-23,48-49H,4,10,24-26H2,1-3H3. The molecule has 0 saturated heterocycles. The molecule has 0 aliphatic rings. The van der Waals surface area contributed by atoms with Crippen LogP contribution in [0, 0.1) is 6.92 Å². The third kappa shape index (κ3) is 7.17. The van der Waals surface area contributed by atoms with Crippen molar-refractivity contribution in [1.82, 2.24) is 24.5 Å². The molecule has 0 bridgehead atoms. The average Bonchev–Trinajstić information content (AvgIpc) is 3.67. The highest BCUT2D eigenvalue weighted by atomic mass is 17.1. The molecule has 2 aromatic heterocycles. The Bertz CT molecular complexity index is 2340. The van der Waals surface area contributed by atoms with Crippen LogP contribution >= 0.6 is 0 Å². The van der Waals surface area contributed by atoms with Crippen LogP contribution in [0.1, 0.15) is 51.8 Å². The molecule has 0 unspecified atom stereocenters. The summed E-state index contributed by atoms with van der Waals surface area (Å²) in [5.41, 5.74) is 11.1. The number of para-hydroxylation sites is 2. The lowest BCUT2D eigenvalue weighted by molar-refractivity contribution is -0.497. The van der Waals surface area contributed by atoms with Crippen LogP contribution in [-0.2, 0) is 42.8 Å². The van der Waals surface area contributed by atoms with E-state index in [2.05, 4.69) is 65.2 Å². The summed E-state index contributed by atoms with van der Waals surface area (Å²) in [5.74, 6) is 1.54. The van der Waals surface area contributed by atoms with E-state index < -0.39 is 5.97 Å². The Labute approximate surface area is 295 Å². The van der Waals surface area contributed by atoms with E-state index >= 15 is 0 Å². The van der Waals surface area contributed by atoms with Crippen molar-refractivity contribution in [2.75, 3.05) is 0 Å². The van der Waals surface area contributed by atoms with E-state index in [9.17, 15) is 4.79 Å². The summed E-state index contributed by atoms with van der Waals surface area (Å²) in [6, 6.07) is 35.5. The summed E-state index contributed by atoms with van der Waals surface area (Å²) in [4.78, 5) is 28.1. The zero-order valence-electron chi connectivity index (χ0n) is 28.8. The Morgan fingerprint density at radius 2 is 1.53 bits per heavy atom. The molecular weight excluding hydrogens is 642 g/mol. The van der Waals surface area contributed by atoms with E-state index in [1.54, 1.807) is 24.3 Å². The highest BCUT2D eigenvalue weighted by Crippen LogP contribution is 2.31. The molecule has 0 amide bonds. The van der Waals surface area contributed by atoms with Crippen LogP contribution in [0.15, 0.2) is 109 Å². The lowest BCUT2D eigenvalue weighted by Gasteiger charge is -2.13. The maximum Gasteiger partial charge on any atom is 0.339 e. The minimum atomic E-state index is -0.436. The second-order valence-corrected chi connectivity index (χ2v) is 12.7. The normalized spacial score (nSPS) is 11.6. The number of aryl methyl sites for hydroxylation is 3. The van der Waals surface area contributed by atoms with Gasteiger partial charge in [0.15, 0.2) is 0 Å². The van der Waals surface area contributed by atoms with Gasteiger partial charge < -0.3 is 13.9 Å². The minimum Gasteiger partial charge on any atom is -0.457 e. The van der Waals surface area contributed by atoms with E-state index in [1.165, 1.54) is 0 Å². The Morgan fingerprint density at radius 1 is 0.784 bits per heavy atom. The maximum absolute atomic E-state index is 13.3. The van der Waals surface area contributed by atoms with Gasteiger partial charge in [-0.2, -0.15) is 0 Å². The van der Waals surface area contributed by atoms with Gasteiger partial charge in [0.05, 0.1) is 39.6 Å². The van der Waals surface area contributed by atoms with Crippen molar-refractivity contribution >= 4 is 28.0 Å². The van der Waals surface area contributed by atoms with E-state index in [1.807, 2.05) is 54.6 Å². The first-order chi connectivity index (χ1) is 24.8. The summed E-state index contributed by atoms with van der Waals surface area (Å²) in [5, 5.41) is 17.3. The highest BCUT2D eigenvalue weighted by molar-refractivity contribution is 5.97. The lowest BCUT2D eigenvalue weighted by Crippen LogP contribution is -2.14. The third-order valence-corrected chi connectivity index (χ3v) is 9.10. The van der Waals surface area contributed by atoms with Gasteiger partial charge in [-0.15, -0.1) is 0 Å². The summed E-state index contributed by atoms with van der Waals surface area (Å²) in [7, 11) is 2.06. The molecule has 10 heteroatoms. The summed E-state index contributed by atoms with van der Waals surface area (Å²) in [6.45, 7) is 4.95. The van der Waals surface area contributed by atoms with Crippen LogP contribution < -0.4 is 0 Å². The molecule has 7 aromatic rings. The molecule has 0 spiro atoms. The number of rotatable bonds is 12. The molecule has 0 radical (unpaired) electrons. The fourth-order valence-electron chi connectivity index (χ4n) is 6.62. The van der Waals surface area contributed by atoms with Crippen molar-refractivity contribution in [2.24, 2.45) is 7.05 Å². The number of hydrogen-bond donors (Lipinski definition) is 2. The number of imidazole rings is 2. The number of hydrogen-bond acceptors (Lipinski definition) is 8. The van der Waals surface area contributed by atoms with Crippen molar-refractivity contribution in [3.8, 4) is 22.5 Å². The van der Waals surface area contributed by atoms with Gasteiger partial charge in [0, 0.05) is 25.6 Å². The zero-order chi connectivity index (χ0) is 35.5. The van der Waals surface area contributed by atoms with Gasteiger partial charge in [-0.1, -0.05) is 85.8 Å². The molecule has 0 aliphatic carbocycles. The largest absolute Gasteiger partial charge is 0.457 e. The van der Waals surface area contributed by atoms with Gasteiger partial charge in [0.2, 0.25) is 0 Å². The van der Waals surface area contributed by atoms with E-state index in [0.717, 1.165) is 79.9 Å². The molecule has 10 nitrogen and oxygen atoms in total. The average molecular weight is 682 g/mol. The van der Waals surface area contributed by atoms with Crippen molar-refractivity contribution in [1.29, 1.82) is 0 Å². The van der Waals surface area contributed by atoms with Crippen LogP contribution in [0.25, 0.3) is 44.6 Å². The first-order valence-corrected chi connectivity index (χ1v) is 16.9. The smallest absolute Gasteiger partial charge is 0.339 e. The topological polar surface area (TPSA) is 115 Å². The zero-order valence-corrected chi connectivity index (χ0v) is 28.8. The van der Waals surface area contributed by atoms with Crippen LogP contribution in [0.4, 0.5) is 0 Å². The molecule has 0 saturated carbocycles. The minimum absolute atomic E-state index is 0.0477. The summed E-state index contributed by atoms with van der Waals surface area (Å²) >= 11 is 0. The van der Waals surface area contributed by atoms with Crippen LogP contribution in [0.3, 0.4) is 0 Å². The fraction of sp³-hybridized carbons (Fsp3) is 0.195. The number of esters is 1. The molecule has 0 aliphatic heterocycles. The van der Waals surface area contributed by atoms with Gasteiger partial charge in [-0.25, -0.2) is 19.6 Å². The molecule has 7 rings (SSSR count).